The van der Waals surface area contributed by atoms with Crippen LogP contribution in [0.15, 0.2) is 121 Å². The molecular formula is C35H25AsCaO15. The molecular weight excluding hydrogens is 775 g/mol. The number of aromatic carboxylic acids is 2. The van der Waals surface area contributed by atoms with E-state index in [4.69, 9.17) is 21.4 Å². The van der Waals surface area contributed by atoms with Crippen molar-refractivity contribution in [2.24, 2.45) is 0 Å². The zero-order chi connectivity index (χ0) is 37.5. The summed E-state index contributed by atoms with van der Waals surface area (Å²) in [7, 11) is 0. The van der Waals surface area contributed by atoms with Crippen LogP contribution in [0.5, 0.6) is 28.7 Å². The summed E-state index contributed by atoms with van der Waals surface area (Å²) < 4.78 is 15.2. The van der Waals surface area contributed by atoms with Gasteiger partial charge in [-0.25, -0.2) is 0 Å². The van der Waals surface area contributed by atoms with Crippen LogP contribution in [-0.4, -0.2) is 109 Å². The summed E-state index contributed by atoms with van der Waals surface area (Å²) in [6, 6.07) is 27.7. The topological polar surface area (TPSA) is 260 Å². The number of hydrogen-bond donors (Lipinski definition) is 5. The van der Waals surface area contributed by atoms with Gasteiger partial charge in [0.25, 0.3) is 0 Å². The van der Waals surface area contributed by atoms with Gasteiger partial charge in [0.1, 0.15) is 11.5 Å². The molecule has 262 valence electrons. The van der Waals surface area contributed by atoms with Gasteiger partial charge < -0.3 is 30.0 Å². The van der Waals surface area contributed by atoms with E-state index in [2.05, 4.69) is 0 Å². The third-order valence-electron chi connectivity index (χ3n) is 6.09. The van der Waals surface area contributed by atoms with Crippen LogP contribution in [0.1, 0.15) is 51.8 Å². The predicted octanol–water partition coefficient (Wildman–Crippen LogP) is 1.79. The molecule has 0 amide bonds. The SMILES string of the molecule is O=C(O[As](OC(=O)c1ccccc1O)OC(=O)c1ccccc1O)c1ccccc1O.O=C([O-])c1ccccc1O.O=C([O-])c1ccccc1O.[Ca+2]. The first-order chi connectivity index (χ1) is 24.3. The number of rotatable bonds is 8. The normalized spacial score (nSPS) is 9.71. The summed E-state index contributed by atoms with van der Waals surface area (Å²) >= 11 is -3.94. The molecule has 0 heterocycles. The first-order valence-corrected chi connectivity index (χ1v) is 16.4. The van der Waals surface area contributed by atoms with Crippen molar-refractivity contribution in [1.82, 2.24) is 0 Å². The Morgan fingerprint density at radius 2 is 0.577 bits per heavy atom. The fourth-order valence-corrected chi connectivity index (χ4v) is 5.34. The number of carboxylic acid groups (broad SMARTS) is 2. The zero-order valence-electron chi connectivity index (χ0n) is 26.5. The third-order valence-corrected chi connectivity index (χ3v) is 8.07. The van der Waals surface area contributed by atoms with Gasteiger partial charge in [-0.1, -0.05) is 24.3 Å². The van der Waals surface area contributed by atoms with Crippen molar-refractivity contribution < 1.29 is 70.9 Å². The van der Waals surface area contributed by atoms with Crippen molar-refractivity contribution in [2.45, 2.75) is 0 Å². The van der Waals surface area contributed by atoms with Crippen molar-refractivity contribution in [3.63, 3.8) is 0 Å². The van der Waals surface area contributed by atoms with Crippen LogP contribution in [0.25, 0.3) is 0 Å². The molecule has 5 rings (SSSR count). The van der Waals surface area contributed by atoms with E-state index in [0.717, 1.165) is 0 Å². The summed E-state index contributed by atoms with van der Waals surface area (Å²) in [5.41, 5.74) is -1.07. The van der Waals surface area contributed by atoms with E-state index in [-0.39, 0.29) is 94.3 Å². The van der Waals surface area contributed by atoms with E-state index in [0.29, 0.717) is 0 Å². The average molecular weight is 801 g/mol. The number of phenolic OH excluding ortho intramolecular Hbond substituents is 3. The van der Waals surface area contributed by atoms with Crippen LogP contribution in [0, 0.1) is 0 Å². The largest absolute Gasteiger partial charge is 2.00 e. The van der Waals surface area contributed by atoms with Gasteiger partial charge in [0.15, 0.2) is 0 Å². The van der Waals surface area contributed by atoms with Crippen LogP contribution in [0.2, 0.25) is 0 Å². The molecule has 5 N–H and O–H groups in total. The van der Waals surface area contributed by atoms with Crippen molar-refractivity contribution in [3.05, 3.63) is 149 Å². The minimum atomic E-state index is -3.94. The Bertz CT molecular complexity index is 1840. The molecule has 0 fully saturated rings. The van der Waals surface area contributed by atoms with Crippen molar-refractivity contribution in [1.29, 1.82) is 0 Å². The van der Waals surface area contributed by atoms with Gasteiger partial charge in [-0.2, -0.15) is 0 Å². The Hall–Kier alpha value is -5.73. The summed E-state index contributed by atoms with van der Waals surface area (Å²) in [5, 5.41) is 67.5. The molecule has 0 atom stereocenters. The zero-order valence-corrected chi connectivity index (χ0v) is 30.6. The summed E-state index contributed by atoms with van der Waals surface area (Å²) in [4.78, 5) is 57.6. The summed E-state index contributed by atoms with van der Waals surface area (Å²) in [5.74, 6) is -7.68. The maximum atomic E-state index is 12.4. The van der Waals surface area contributed by atoms with Crippen molar-refractivity contribution >= 4 is 83.3 Å². The van der Waals surface area contributed by atoms with E-state index in [1.807, 2.05) is 0 Å². The maximum Gasteiger partial charge on any atom is 2.00 e. The van der Waals surface area contributed by atoms with E-state index in [1.165, 1.54) is 109 Å². The molecule has 0 bridgehead atoms. The number of para-hydroxylation sites is 5. The minimum absolute atomic E-state index is 0. The fraction of sp³-hybridized carbons (Fsp3) is 0. The molecule has 0 radical (unpaired) electrons. The van der Waals surface area contributed by atoms with Gasteiger partial charge in [-0.3, -0.25) is 0 Å². The van der Waals surface area contributed by atoms with Gasteiger partial charge in [0.2, 0.25) is 0 Å². The van der Waals surface area contributed by atoms with E-state index >= 15 is 0 Å². The minimum Gasteiger partial charge on any atom is -0.545 e. The van der Waals surface area contributed by atoms with Crippen molar-refractivity contribution in [3.8, 4) is 28.7 Å². The fourth-order valence-electron chi connectivity index (χ4n) is 3.64. The first-order valence-electron chi connectivity index (χ1n) is 14.1. The number of phenols is 5. The van der Waals surface area contributed by atoms with Crippen LogP contribution >= 0.6 is 0 Å². The molecule has 0 aliphatic carbocycles. The predicted molar refractivity (Wildman–Crippen MR) is 177 cm³/mol. The standard InChI is InChI=1S/C21H15AsO9.2C7H6O3.Ca/c23-16-10-4-1-7-13(16)19(26)29-22(30-20(27)14-8-2-5-11-17(14)24)31-21(28)15-9-3-6-12-18(15)25;2*8-6-4-2-1-3-5(6)7(9)10;/h1-12,23-25H;2*1-4,8H,(H,9,10);/q;;;+2/p-2. The van der Waals surface area contributed by atoms with E-state index < -0.39 is 45.5 Å². The summed E-state index contributed by atoms with van der Waals surface area (Å²) in [6.45, 7) is 0. The molecule has 0 unspecified atom stereocenters. The molecule has 5 aromatic rings. The van der Waals surface area contributed by atoms with Crippen LogP contribution in [0.4, 0.5) is 0 Å². The number of carbonyl (C=O) groups is 5. The number of benzene rings is 5. The molecule has 0 aliphatic rings. The van der Waals surface area contributed by atoms with Crippen LogP contribution in [-0.2, 0) is 11.2 Å². The van der Waals surface area contributed by atoms with Gasteiger partial charge >= 0.3 is 219 Å². The Morgan fingerprint density at radius 3 is 0.750 bits per heavy atom. The number of hydrogen-bond acceptors (Lipinski definition) is 15. The Labute approximate surface area is 329 Å². The number of carbonyl (C=O) groups excluding carboxylic acids is 5. The quantitative estimate of drug-likeness (QED) is 0.140. The second kappa shape index (κ2) is 20.8. The molecule has 0 saturated heterocycles. The Kier molecular flexibility index (Phi) is 17.0. The summed E-state index contributed by atoms with van der Waals surface area (Å²) in [6.07, 6.45) is 0. The average Bonchev–Trinajstić information content (AvgIpc) is 3.09. The van der Waals surface area contributed by atoms with Gasteiger partial charge in [-0.05, 0) is 24.3 Å². The molecule has 0 spiro atoms. The van der Waals surface area contributed by atoms with E-state index in [9.17, 15) is 49.5 Å². The number of carboxylic acids is 2. The van der Waals surface area contributed by atoms with Crippen molar-refractivity contribution in [2.75, 3.05) is 0 Å². The molecule has 17 heteroatoms. The second-order valence-electron chi connectivity index (χ2n) is 9.52. The number of aromatic hydroxyl groups is 5. The molecule has 0 aromatic heterocycles. The van der Waals surface area contributed by atoms with Gasteiger partial charge in [0, 0.05) is 11.1 Å². The maximum absolute atomic E-state index is 12.4. The molecule has 15 nitrogen and oxygen atoms in total. The monoisotopic (exact) mass is 800 g/mol. The Balaban J connectivity index is 0.000000362. The van der Waals surface area contributed by atoms with Gasteiger partial charge in [-0.15, -0.1) is 0 Å². The second-order valence-corrected chi connectivity index (χ2v) is 11.6. The molecule has 5 aromatic carbocycles. The van der Waals surface area contributed by atoms with Crippen LogP contribution in [0.3, 0.4) is 0 Å². The van der Waals surface area contributed by atoms with Crippen LogP contribution < -0.4 is 10.2 Å². The molecule has 0 aliphatic heterocycles. The third kappa shape index (κ3) is 12.5. The molecule has 52 heavy (non-hydrogen) atoms. The smallest absolute Gasteiger partial charge is 0.545 e. The first kappa shape index (κ1) is 42.4. The Morgan fingerprint density at radius 1 is 0.385 bits per heavy atom. The molecule has 0 saturated carbocycles. The van der Waals surface area contributed by atoms with E-state index in [1.54, 1.807) is 12.1 Å². The van der Waals surface area contributed by atoms with Gasteiger partial charge in [0.05, 0.1) is 11.9 Å².